The van der Waals surface area contributed by atoms with Gasteiger partial charge in [-0.2, -0.15) is 0 Å². The largest absolute Gasteiger partial charge is 0.483 e. The van der Waals surface area contributed by atoms with Crippen LogP contribution in [0.1, 0.15) is 74.9 Å². The number of nitrogens with zero attached hydrogens (tertiary/aromatic N) is 2. The lowest BCUT2D eigenvalue weighted by atomic mass is 9.99. The van der Waals surface area contributed by atoms with Gasteiger partial charge in [0.1, 0.15) is 5.75 Å². The van der Waals surface area contributed by atoms with Gasteiger partial charge in [0.2, 0.25) is 5.91 Å². The number of aromatic nitrogens is 1. The number of aliphatic hydroxyl groups is 1. The Kier molecular flexibility index (Phi) is 11.8. The van der Waals surface area contributed by atoms with Crippen LogP contribution in [0.2, 0.25) is 0 Å². The first-order valence-electron chi connectivity index (χ1n) is 15.4. The number of pyridine rings is 1. The first kappa shape index (κ1) is 33.5. The van der Waals surface area contributed by atoms with Crippen molar-refractivity contribution in [2.24, 2.45) is 0 Å². The zero-order chi connectivity index (χ0) is 31.7. The van der Waals surface area contributed by atoms with E-state index < -0.39 is 12.1 Å². The van der Waals surface area contributed by atoms with Crippen molar-refractivity contribution in [3.8, 4) is 5.75 Å². The van der Waals surface area contributed by atoms with Gasteiger partial charge >= 0.3 is 0 Å². The third-order valence-corrected chi connectivity index (χ3v) is 8.71. The van der Waals surface area contributed by atoms with Crippen molar-refractivity contribution in [2.75, 3.05) is 13.2 Å². The molecule has 8 nitrogen and oxygen atoms in total. The summed E-state index contributed by atoms with van der Waals surface area (Å²) in [5.74, 6) is 0.377. The van der Waals surface area contributed by atoms with Gasteiger partial charge in [0.05, 0.1) is 23.9 Å². The number of carbonyl (C=O) groups excluding carboxylic acids is 2. The Balaban J connectivity index is 1.51. The van der Waals surface area contributed by atoms with E-state index in [1.165, 1.54) is 11.9 Å². The predicted molar refractivity (Wildman–Crippen MR) is 175 cm³/mol. The molecule has 2 unspecified atom stereocenters. The standard InChI is InChI=1S/C35H46N4O4S/c1-24-12-11-13-25(2)33(24)43-23-31(41)37-32(30(40)18-17-26-14-7-6-8-15-26)28-22-27(19-20-36-28)44-39-21-10-9-16-29(39)34(42)38-35(3,4)5/h6-8,11-15,19-20,22,29-30,32,40H,9-10,16-18,21,23H2,1-5H3,(H,37,41)(H,38,42)/t29?,30-,32?/m1/s1. The molecular formula is C35H46N4O4S. The van der Waals surface area contributed by atoms with Crippen LogP contribution in [0.4, 0.5) is 0 Å². The van der Waals surface area contributed by atoms with Crippen LogP contribution in [-0.2, 0) is 16.0 Å². The third kappa shape index (κ3) is 9.81. The molecule has 3 aromatic rings. The lowest BCUT2D eigenvalue weighted by Crippen LogP contribution is -2.51. The first-order valence-corrected chi connectivity index (χ1v) is 16.2. The summed E-state index contributed by atoms with van der Waals surface area (Å²) in [6, 6.07) is 18.6. The van der Waals surface area contributed by atoms with E-state index in [1.54, 1.807) is 6.20 Å². The quantitative estimate of drug-likeness (QED) is 0.224. The second-order valence-electron chi connectivity index (χ2n) is 12.5. The van der Waals surface area contributed by atoms with Crippen molar-refractivity contribution in [3.63, 3.8) is 0 Å². The summed E-state index contributed by atoms with van der Waals surface area (Å²) in [6.07, 6.45) is 4.72. The molecule has 1 aliphatic heterocycles. The number of aryl methyl sites for hydroxylation is 3. The molecule has 1 aromatic heterocycles. The Morgan fingerprint density at radius 3 is 2.50 bits per heavy atom. The molecule has 1 aliphatic rings. The highest BCUT2D eigenvalue weighted by Gasteiger charge is 2.32. The Hall–Kier alpha value is -3.40. The summed E-state index contributed by atoms with van der Waals surface area (Å²) in [5.41, 5.74) is 3.27. The minimum atomic E-state index is -0.882. The van der Waals surface area contributed by atoms with Gasteiger partial charge in [-0.3, -0.25) is 14.6 Å². The normalized spacial score (nSPS) is 17.0. The van der Waals surface area contributed by atoms with Crippen molar-refractivity contribution in [1.82, 2.24) is 19.9 Å². The summed E-state index contributed by atoms with van der Waals surface area (Å²) < 4.78 is 8.05. The highest BCUT2D eigenvalue weighted by molar-refractivity contribution is 7.97. The average Bonchev–Trinajstić information content (AvgIpc) is 2.98. The van der Waals surface area contributed by atoms with E-state index in [2.05, 4.69) is 19.9 Å². The molecule has 1 fully saturated rings. The van der Waals surface area contributed by atoms with Crippen molar-refractivity contribution < 1.29 is 19.4 Å². The maximum Gasteiger partial charge on any atom is 0.258 e. The van der Waals surface area contributed by atoms with Crippen LogP contribution in [0.25, 0.3) is 0 Å². The molecule has 4 rings (SSSR count). The molecule has 44 heavy (non-hydrogen) atoms. The SMILES string of the molecule is Cc1cccc(C)c1OCC(=O)NC(c1cc(SN2CCCCC2C(=O)NC(C)(C)C)ccn1)[C@H](O)CCc1ccccc1. The van der Waals surface area contributed by atoms with Crippen molar-refractivity contribution >= 4 is 23.8 Å². The van der Waals surface area contributed by atoms with Gasteiger partial charge in [-0.25, -0.2) is 4.31 Å². The Labute approximate surface area is 266 Å². The fraction of sp³-hybridized carbons (Fsp3) is 0.457. The van der Waals surface area contributed by atoms with E-state index in [0.29, 0.717) is 24.3 Å². The van der Waals surface area contributed by atoms with Crippen molar-refractivity contribution in [3.05, 3.63) is 89.2 Å². The van der Waals surface area contributed by atoms with E-state index in [4.69, 9.17) is 4.74 Å². The van der Waals surface area contributed by atoms with Gasteiger partial charge in [0, 0.05) is 23.2 Å². The van der Waals surface area contributed by atoms with E-state index >= 15 is 0 Å². The number of carbonyl (C=O) groups is 2. The van der Waals surface area contributed by atoms with Crippen LogP contribution in [0.3, 0.4) is 0 Å². The van der Waals surface area contributed by atoms with Crippen molar-refractivity contribution in [2.45, 2.75) is 95.3 Å². The number of piperidine rings is 1. The molecule has 2 aromatic carbocycles. The fourth-order valence-electron chi connectivity index (χ4n) is 5.39. The Bertz CT molecular complexity index is 1370. The molecule has 2 amide bonds. The van der Waals surface area contributed by atoms with Crippen LogP contribution in [0.5, 0.6) is 5.75 Å². The molecule has 9 heteroatoms. The second-order valence-corrected chi connectivity index (χ2v) is 13.7. The number of rotatable bonds is 12. The number of hydrogen-bond donors (Lipinski definition) is 3. The summed E-state index contributed by atoms with van der Waals surface area (Å²) in [7, 11) is 0. The number of aliphatic hydroxyl groups excluding tert-OH is 1. The van der Waals surface area contributed by atoms with Crippen molar-refractivity contribution in [1.29, 1.82) is 0 Å². The van der Waals surface area contributed by atoms with E-state index in [9.17, 15) is 14.7 Å². The van der Waals surface area contributed by atoms with Gasteiger partial charge in [0.25, 0.3) is 5.91 Å². The third-order valence-electron chi connectivity index (χ3n) is 7.58. The molecule has 3 atom stereocenters. The lowest BCUT2D eigenvalue weighted by Gasteiger charge is -2.35. The van der Waals surface area contributed by atoms with E-state index in [-0.39, 0.29) is 30.0 Å². The summed E-state index contributed by atoms with van der Waals surface area (Å²) in [6.45, 7) is 10.5. The molecule has 0 aliphatic carbocycles. The number of ether oxygens (including phenoxy) is 1. The highest BCUT2D eigenvalue weighted by Crippen LogP contribution is 2.32. The Morgan fingerprint density at radius 1 is 1.07 bits per heavy atom. The molecule has 3 N–H and O–H groups in total. The fourth-order valence-corrected chi connectivity index (χ4v) is 6.51. The summed E-state index contributed by atoms with van der Waals surface area (Å²) in [4.78, 5) is 31.8. The molecule has 236 valence electrons. The number of amides is 2. The van der Waals surface area contributed by atoms with Crippen LogP contribution in [0, 0.1) is 13.8 Å². The highest BCUT2D eigenvalue weighted by atomic mass is 32.2. The van der Waals surface area contributed by atoms with Gasteiger partial charge in [-0.1, -0.05) is 55.0 Å². The van der Waals surface area contributed by atoms with Crippen LogP contribution in [0.15, 0.2) is 71.8 Å². The monoisotopic (exact) mass is 618 g/mol. The van der Waals surface area contributed by atoms with Crippen LogP contribution in [-0.4, -0.2) is 57.0 Å². The maximum absolute atomic E-state index is 13.2. The molecule has 0 bridgehead atoms. The summed E-state index contributed by atoms with van der Waals surface area (Å²) >= 11 is 1.52. The second kappa shape index (κ2) is 15.5. The minimum absolute atomic E-state index is 0.0318. The zero-order valence-electron chi connectivity index (χ0n) is 26.5. The number of benzene rings is 2. The van der Waals surface area contributed by atoms with Crippen LogP contribution < -0.4 is 15.4 Å². The average molecular weight is 619 g/mol. The first-order chi connectivity index (χ1) is 21.0. The van der Waals surface area contributed by atoms with Gasteiger partial charge < -0.3 is 20.5 Å². The predicted octanol–water partition coefficient (Wildman–Crippen LogP) is 5.70. The molecule has 2 heterocycles. The molecule has 1 saturated heterocycles. The van der Waals surface area contributed by atoms with Gasteiger partial charge in [0.15, 0.2) is 6.61 Å². The smallest absolute Gasteiger partial charge is 0.258 e. The van der Waals surface area contributed by atoms with E-state index in [0.717, 1.165) is 47.4 Å². The maximum atomic E-state index is 13.2. The molecule has 0 spiro atoms. The number of nitrogens with one attached hydrogen (secondary N) is 2. The zero-order valence-corrected chi connectivity index (χ0v) is 27.3. The van der Waals surface area contributed by atoms with Crippen LogP contribution >= 0.6 is 11.9 Å². The molecular weight excluding hydrogens is 572 g/mol. The Morgan fingerprint density at radius 2 is 1.80 bits per heavy atom. The minimum Gasteiger partial charge on any atom is -0.483 e. The lowest BCUT2D eigenvalue weighted by molar-refractivity contribution is -0.127. The van der Waals surface area contributed by atoms with Gasteiger partial charge in [-0.05, 0) is 101 Å². The number of para-hydroxylation sites is 1. The van der Waals surface area contributed by atoms with E-state index in [1.807, 2.05) is 95.3 Å². The summed E-state index contributed by atoms with van der Waals surface area (Å²) in [5, 5.41) is 17.5. The van der Waals surface area contributed by atoms with Gasteiger partial charge in [-0.15, -0.1) is 0 Å². The molecule has 0 saturated carbocycles. The number of hydrogen-bond acceptors (Lipinski definition) is 7. The topological polar surface area (TPSA) is 104 Å². The molecule has 0 radical (unpaired) electrons.